The average molecular weight is 505 g/mol. The number of esters is 1. The molecule has 1 aliphatic carbocycles. The number of aryl methyl sites for hydroxylation is 1. The molecule has 2 N–H and O–H groups in total. The molecule has 3 rings (SSSR count). The molecule has 8 heteroatoms. The Balaban J connectivity index is 1.48. The fourth-order valence-electron chi connectivity index (χ4n) is 4.21. The molecule has 182 valence electrons. The van der Waals surface area contributed by atoms with E-state index in [1.54, 1.807) is 17.4 Å². The number of ketones is 1. The molecule has 0 spiro atoms. The molecule has 4 atom stereocenters. The van der Waals surface area contributed by atoms with E-state index in [0.29, 0.717) is 38.5 Å². The summed E-state index contributed by atoms with van der Waals surface area (Å²) < 4.78 is 5.36. The average Bonchev–Trinajstić information content (AvgIpc) is 3.29. The SMILES string of the molecule is O=COC(=O)CCC/C=C\C[C@H]1C(=O)C(O)C[C@@H]1/C=C/C(O)CCc1sc2ccccc2c1Cl. The Labute approximate surface area is 207 Å². The van der Waals surface area contributed by atoms with Crippen LogP contribution in [0.1, 0.15) is 43.4 Å². The molecule has 34 heavy (non-hydrogen) atoms. The van der Waals surface area contributed by atoms with Crippen LogP contribution < -0.4 is 0 Å². The summed E-state index contributed by atoms with van der Waals surface area (Å²) in [5, 5.41) is 22.3. The molecule has 6 nitrogen and oxygen atoms in total. The first-order valence-corrected chi connectivity index (χ1v) is 12.6. The maximum atomic E-state index is 12.4. The van der Waals surface area contributed by atoms with Gasteiger partial charge in [0.05, 0.1) is 11.1 Å². The van der Waals surface area contributed by atoms with Crippen LogP contribution in [0.2, 0.25) is 5.02 Å². The number of fused-ring (bicyclic) bond motifs is 1. The zero-order valence-corrected chi connectivity index (χ0v) is 20.3. The van der Waals surface area contributed by atoms with E-state index in [1.165, 1.54) is 0 Å². The summed E-state index contributed by atoms with van der Waals surface area (Å²) in [5.41, 5.74) is 0. The van der Waals surface area contributed by atoms with E-state index in [4.69, 9.17) is 11.6 Å². The summed E-state index contributed by atoms with van der Waals surface area (Å²) in [5.74, 6) is -1.22. The van der Waals surface area contributed by atoms with E-state index in [1.807, 2.05) is 42.5 Å². The van der Waals surface area contributed by atoms with E-state index < -0.39 is 18.2 Å². The van der Waals surface area contributed by atoms with Crippen molar-refractivity contribution in [3.63, 3.8) is 0 Å². The van der Waals surface area contributed by atoms with Gasteiger partial charge in [0.25, 0.3) is 0 Å². The van der Waals surface area contributed by atoms with Crippen LogP contribution in [-0.4, -0.2) is 40.6 Å². The number of aliphatic hydroxyl groups is 2. The smallest absolute Gasteiger partial charge is 0.313 e. The van der Waals surface area contributed by atoms with E-state index in [-0.39, 0.29) is 30.5 Å². The highest BCUT2D eigenvalue weighted by atomic mass is 35.5. The van der Waals surface area contributed by atoms with Gasteiger partial charge in [-0.2, -0.15) is 0 Å². The highest BCUT2D eigenvalue weighted by Crippen LogP contribution is 2.36. The summed E-state index contributed by atoms with van der Waals surface area (Å²) in [7, 11) is 0. The molecule has 1 aliphatic rings. The second kappa shape index (κ2) is 13.0. The summed E-state index contributed by atoms with van der Waals surface area (Å²) in [6, 6.07) is 7.96. The molecular weight excluding hydrogens is 476 g/mol. The maximum absolute atomic E-state index is 12.4. The molecule has 0 aliphatic heterocycles. The molecule has 1 fully saturated rings. The lowest BCUT2D eigenvalue weighted by molar-refractivity contribution is -0.151. The van der Waals surface area contributed by atoms with Gasteiger partial charge >= 0.3 is 12.4 Å². The highest BCUT2D eigenvalue weighted by Gasteiger charge is 2.39. The number of benzene rings is 1. The first kappa shape index (κ1) is 26.3. The number of allylic oxidation sites excluding steroid dienone is 3. The van der Waals surface area contributed by atoms with Gasteiger partial charge in [-0.15, -0.1) is 11.3 Å². The van der Waals surface area contributed by atoms with Crippen molar-refractivity contribution in [2.24, 2.45) is 11.8 Å². The number of ether oxygens (including phenoxy) is 1. The minimum absolute atomic E-state index is 0.124. The van der Waals surface area contributed by atoms with E-state index in [9.17, 15) is 24.6 Å². The van der Waals surface area contributed by atoms with Crippen molar-refractivity contribution in [3.8, 4) is 0 Å². The Bertz CT molecular complexity index is 1060. The highest BCUT2D eigenvalue weighted by molar-refractivity contribution is 7.19. The van der Waals surface area contributed by atoms with Crippen molar-refractivity contribution >= 4 is 51.2 Å². The van der Waals surface area contributed by atoms with Gasteiger partial charge in [0.1, 0.15) is 6.10 Å². The van der Waals surface area contributed by atoms with Gasteiger partial charge < -0.3 is 14.9 Å². The Hall–Kier alpha value is -2.32. The van der Waals surface area contributed by atoms with Crippen LogP contribution >= 0.6 is 22.9 Å². The summed E-state index contributed by atoms with van der Waals surface area (Å²) in [4.78, 5) is 34.7. The van der Waals surface area contributed by atoms with Gasteiger partial charge in [0.2, 0.25) is 0 Å². The minimum atomic E-state index is -0.986. The third-order valence-corrected chi connectivity index (χ3v) is 7.82. The maximum Gasteiger partial charge on any atom is 0.313 e. The Kier molecular flexibility index (Phi) is 10.0. The first-order chi connectivity index (χ1) is 16.4. The second-order valence-corrected chi connectivity index (χ2v) is 9.95. The van der Waals surface area contributed by atoms with Gasteiger partial charge in [-0.3, -0.25) is 14.4 Å². The number of rotatable bonds is 12. The third-order valence-electron chi connectivity index (χ3n) is 6.04. The van der Waals surface area contributed by atoms with Crippen molar-refractivity contribution in [3.05, 3.63) is 58.5 Å². The van der Waals surface area contributed by atoms with Crippen LogP contribution in [-0.2, 0) is 25.5 Å². The molecule has 0 radical (unpaired) electrons. The lowest BCUT2D eigenvalue weighted by Gasteiger charge is -2.13. The minimum Gasteiger partial charge on any atom is -0.395 e. The van der Waals surface area contributed by atoms with Crippen molar-refractivity contribution in [1.82, 2.24) is 0 Å². The van der Waals surface area contributed by atoms with Crippen molar-refractivity contribution in [2.45, 2.75) is 57.2 Å². The summed E-state index contributed by atoms with van der Waals surface area (Å²) in [6.07, 6.45) is 9.00. The number of hydrogen-bond donors (Lipinski definition) is 2. The van der Waals surface area contributed by atoms with Gasteiger partial charge in [0, 0.05) is 27.3 Å². The van der Waals surface area contributed by atoms with Crippen molar-refractivity contribution < 1.29 is 29.3 Å². The second-order valence-electron chi connectivity index (χ2n) is 8.44. The largest absolute Gasteiger partial charge is 0.395 e. The number of carbonyl (C=O) groups is 3. The number of carbonyl (C=O) groups excluding carboxylic acids is 3. The van der Waals surface area contributed by atoms with Crippen molar-refractivity contribution in [1.29, 1.82) is 0 Å². The third kappa shape index (κ3) is 7.09. The number of Topliss-reactive ketones (excluding diaryl/α,β-unsaturated/α-hetero) is 1. The molecular formula is C26H29ClO6S. The van der Waals surface area contributed by atoms with Crippen LogP contribution in [0.3, 0.4) is 0 Å². The predicted octanol–water partition coefficient (Wildman–Crippen LogP) is 4.79. The number of unbranched alkanes of at least 4 members (excludes halogenated alkanes) is 1. The Morgan fingerprint density at radius 3 is 2.85 bits per heavy atom. The number of thiophene rings is 1. The fourth-order valence-corrected chi connectivity index (χ4v) is 5.75. The number of aliphatic hydroxyl groups excluding tert-OH is 2. The fraction of sp³-hybridized carbons (Fsp3) is 0.423. The van der Waals surface area contributed by atoms with Crippen LogP contribution in [0.5, 0.6) is 0 Å². The van der Waals surface area contributed by atoms with Crippen molar-refractivity contribution in [2.75, 3.05) is 0 Å². The van der Waals surface area contributed by atoms with E-state index >= 15 is 0 Å². The molecule has 1 heterocycles. The number of halogens is 1. The standard InChI is InChI=1S/C26H29ClO6S/c27-25-20-8-5-6-9-22(20)34-23(25)14-13-18(29)12-11-17-15-21(30)26(32)19(17)7-3-1-2-4-10-24(31)33-16-28/h1,3,5-6,8-9,11-12,16-19,21,29-30H,2,4,7,10,13-15H2/b3-1-,12-11+/t17-,18?,19+,21?/m0/s1. The van der Waals surface area contributed by atoms with Crippen LogP contribution in [0.15, 0.2) is 48.6 Å². The molecule has 1 aromatic heterocycles. The molecule has 1 aromatic carbocycles. The Morgan fingerprint density at radius 2 is 2.09 bits per heavy atom. The van der Waals surface area contributed by atoms with Crippen LogP contribution in [0.25, 0.3) is 10.1 Å². The normalized spacial score (nSPS) is 21.6. The van der Waals surface area contributed by atoms with Gasteiger partial charge in [-0.05, 0) is 50.5 Å². The molecule has 0 amide bonds. The molecule has 0 saturated heterocycles. The van der Waals surface area contributed by atoms with E-state index in [0.717, 1.165) is 20.0 Å². The quantitative estimate of drug-likeness (QED) is 0.142. The summed E-state index contributed by atoms with van der Waals surface area (Å²) in [6.45, 7) is 0.124. The molecule has 2 aromatic rings. The van der Waals surface area contributed by atoms with E-state index in [2.05, 4.69) is 4.74 Å². The zero-order chi connectivity index (χ0) is 24.5. The topological polar surface area (TPSA) is 101 Å². The predicted molar refractivity (Wildman–Crippen MR) is 133 cm³/mol. The van der Waals surface area contributed by atoms with Gasteiger partial charge in [0.15, 0.2) is 5.78 Å². The molecule has 2 unspecified atom stereocenters. The Morgan fingerprint density at radius 1 is 1.29 bits per heavy atom. The van der Waals surface area contributed by atoms with Gasteiger partial charge in [-0.1, -0.05) is 54.1 Å². The van der Waals surface area contributed by atoms with Gasteiger partial charge in [-0.25, -0.2) is 0 Å². The first-order valence-electron chi connectivity index (χ1n) is 11.4. The summed E-state index contributed by atoms with van der Waals surface area (Å²) >= 11 is 8.12. The zero-order valence-electron chi connectivity index (χ0n) is 18.8. The molecule has 0 bridgehead atoms. The van der Waals surface area contributed by atoms with Crippen LogP contribution in [0, 0.1) is 11.8 Å². The monoisotopic (exact) mass is 504 g/mol. The number of hydrogen-bond acceptors (Lipinski definition) is 7. The molecule has 1 saturated carbocycles. The lowest BCUT2D eigenvalue weighted by Crippen LogP contribution is -2.19. The lowest BCUT2D eigenvalue weighted by atomic mass is 9.91. The van der Waals surface area contributed by atoms with Crippen LogP contribution in [0.4, 0.5) is 0 Å².